The van der Waals surface area contributed by atoms with Crippen molar-refractivity contribution < 1.29 is 0 Å². The van der Waals surface area contributed by atoms with Crippen molar-refractivity contribution in [2.75, 3.05) is 11.4 Å². The van der Waals surface area contributed by atoms with Crippen molar-refractivity contribution in [3.8, 4) is 0 Å². The van der Waals surface area contributed by atoms with E-state index in [2.05, 4.69) is 34.1 Å². The zero-order valence-electron chi connectivity index (χ0n) is 11.2. The molecule has 0 unspecified atom stereocenters. The average Bonchev–Trinajstić information content (AvgIpc) is 2.69. The van der Waals surface area contributed by atoms with Gasteiger partial charge in [0, 0.05) is 24.1 Å². The summed E-state index contributed by atoms with van der Waals surface area (Å²) in [5.41, 5.74) is 10.2. The van der Waals surface area contributed by atoms with E-state index in [0.717, 1.165) is 18.7 Å². The number of anilines is 2. The summed E-state index contributed by atoms with van der Waals surface area (Å²) in [7, 11) is 0. The second-order valence-corrected chi connectivity index (χ2v) is 5.44. The first-order chi connectivity index (χ1) is 9.75. The zero-order valence-corrected chi connectivity index (χ0v) is 12.1. The molecule has 1 aromatic carbocycles. The van der Waals surface area contributed by atoms with Gasteiger partial charge in [-0.1, -0.05) is 30.4 Å². The van der Waals surface area contributed by atoms with E-state index in [4.69, 9.17) is 18.0 Å². The number of aryl methyl sites for hydroxylation is 1. The van der Waals surface area contributed by atoms with Gasteiger partial charge in [-0.05, 0) is 43.0 Å². The highest BCUT2D eigenvalue weighted by molar-refractivity contribution is 7.80. The van der Waals surface area contributed by atoms with Crippen LogP contribution in [0.15, 0.2) is 42.6 Å². The van der Waals surface area contributed by atoms with Crippen LogP contribution in [0.25, 0.3) is 0 Å². The molecule has 3 rings (SSSR count). The first kappa shape index (κ1) is 13.1. The Labute approximate surface area is 124 Å². The van der Waals surface area contributed by atoms with Crippen molar-refractivity contribution in [1.82, 2.24) is 4.98 Å². The lowest BCUT2D eigenvalue weighted by Gasteiger charge is -2.25. The number of thiocarbonyl (C=S) groups is 1. The normalized spacial score (nSPS) is 14.5. The number of rotatable bonds is 2. The highest BCUT2D eigenvalue weighted by Gasteiger charge is 2.16. The van der Waals surface area contributed by atoms with Gasteiger partial charge in [0.05, 0.1) is 5.69 Å². The van der Waals surface area contributed by atoms with Crippen molar-refractivity contribution in [2.45, 2.75) is 19.3 Å². The van der Waals surface area contributed by atoms with Crippen LogP contribution in [0.4, 0.5) is 11.4 Å². The number of nitrogens with two attached hydrogens (primary N) is 1. The van der Waals surface area contributed by atoms with Crippen molar-refractivity contribution >= 4 is 28.6 Å². The number of benzene rings is 1. The van der Waals surface area contributed by atoms with Gasteiger partial charge in [-0.3, -0.25) is 4.98 Å². The lowest BCUT2D eigenvalue weighted by atomic mass is 10.1. The molecule has 0 radical (unpaired) electrons. The summed E-state index contributed by atoms with van der Waals surface area (Å²) in [5.74, 6) is 0. The van der Waals surface area contributed by atoms with E-state index in [1.165, 1.54) is 24.1 Å². The molecule has 0 spiro atoms. The maximum atomic E-state index is 5.69. The molecule has 2 heterocycles. The van der Waals surface area contributed by atoms with Crippen LogP contribution in [0.5, 0.6) is 0 Å². The number of nitrogens with zero attached hydrogens (tertiary/aromatic N) is 2. The van der Waals surface area contributed by atoms with Crippen molar-refractivity contribution in [1.29, 1.82) is 0 Å². The van der Waals surface area contributed by atoms with Crippen LogP contribution in [0, 0.1) is 0 Å². The van der Waals surface area contributed by atoms with Gasteiger partial charge >= 0.3 is 0 Å². The molecule has 1 aromatic heterocycles. The predicted molar refractivity (Wildman–Crippen MR) is 86.5 cm³/mol. The molecule has 2 N–H and O–H groups in total. The highest BCUT2D eigenvalue weighted by atomic mass is 32.1. The highest BCUT2D eigenvalue weighted by Crippen LogP contribution is 2.32. The van der Waals surface area contributed by atoms with Crippen molar-refractivity contribution in [3.05, 3.63) is 53.9 Å². The standard InChI is InChI=1S/C16H17N3S/c17-16(20)14-11-13(8-9-18-14)19-10-4-3-6-12-5-1-2-7-15(12)19/h1-2,5,7-9,11H,3-4,6,10H2,(H2,17,20). The van der Waals surface area contributed by atoms with Gasteiger partial charge in [0.2, 0.25) is 0 Å². The van der Waals surface area contributed by atoms with Gasteiger partial charge in [0.1, 0.15) is 4.99 Å². The van der Waals surface area contributed by atoms with E-state index >= 15 is 0 Å². The largest absolute Gasteiger partial charge is 0.388 e. The fourth-order valence-electron chi connectivity index (χ4n) is 2.68. The van der Waals surface area contributed by atoms with Crippen LogP contribution in [-0.2, 0) is 6.42 Å². The minimum atomic E-state index is 0.343. The number of pyridine rings is 1. The summed E-state index contributed by atoms with van der Waals surface area (Å²) in [5, 5.41) is 0. The first-order valence-corrected chi connectivity index (χ1v) is 7.28. The van der Waals surface area contributed by atoms with E-state index < -0.39 is 0 Å². The van der Waals surface area contributed by atoms with Crippen LogP contribution in [-0.4, -0.2) is 16.5 Å². The second kappa shape index (κ2) is 5.59. The molecule has 4 heteroatoms. The van der Waals surface area contributed by atoms with Gasteiger partial charge in [-0.25, -0.2) is 0 Å². The Balaban J connectivity index is 2.05. The van der Waals surface area contributed by atoms with Gasteiger partial charge in [0.25, 0.3) is 0 Å². The van der Waals surface area contributed by atoms with E-state index in [0.29, 0.717) is 10.7 Å². The average molecular weight is 283 g/mol. The molecule has 0 amide bonds. The lowest BCUT2D eigenvalue weighted by Crippen LogP contribution is -2.19. The van der Waals surface area contributed by atoms with E-state index in [1.807, 2.05) is 12.1 Å². The van der Waals surface area contributed by atoms with Crippen LogP contribution in [0.1, 0.15) is 24.1 Å². The number of fused-ring (bicyclic) bond motifs is 1. The molecular weight excluding hydrogens is 266 g/mol. The third kappa shape index (κ3) is 2.51. The Bertz CT molecular complexity index is 639. The molecule has 0 fully saturated rings. The fraction of sp³-hybridized carbons (Fsp3) is 0.250. The predicted octanol–water partition coefficient (Wildman–Crippen LogP) is 3.19. The van der Waals surface area contributed by atoms with Crippen LogP contribution in [0.3, 0.4) is 0 Å². The lowest BCUT2D eigenvalue weighted by molar-refractivity contribution is 0.761. The monoisotopic (exact) mass is 283 g/mol. The molecule has 0 saturated carbocycles. The minimum Gasteiger partial charge on any atom is -0.388 e. The maximum absolute atomic E-state index is 5.69. The van der Waals surface area contributed by atoms with Gasteiger partial charge < -0.3 is 10.6 Å². The Morgan fingerprint density at radius 2 is 2.05 bits per heavy atom. The van der Waals surface area contributed by atoms with E-state index in [-0.39, 0.29) is 0 Å². The van der Waals surface area contributed by atoms with Crippen LogP contribution in [0.2, 0.25) is 0 Å². The topological polar surface area (TPSA) is 42.1 Å². The first-order valence-electron chi connectivity index (χ1n) is 6.87. The van der Waals surface area contributed by atoms with Gasteiger partial charge in [0.15, 0.2) is 0 Å². The smallest absolute Gasteiger partial charge is 0.122 e. The molecule has 0 aliphatic carbocycles. The maximum Gasteiger partial charge on any atom is 0.122 e. The summed E-state index contributed by atoms with van der Waals surface area (Å²) < 4.78 is 0. The Morgan fingerprint density at radius 3 is 2.90 bits per heavy atom. The number of hydrogen-bond acceptors (Lipinski definition) is 3. The third-order valence-electron chi connectivity index (χ3n) is 3.67. The Hall–Kier alpha value is -1.94. The van der Waals surface area contributed by atoms with Gasteiger partial charge in [-0.2, -0.15) is 0 Å². The summed E-state index contributed by atoms with van der Waals surface area (Å²) in [6, 6.07) is 12.6. The summed E-state index contributed by atoms with van der Waals surface area (Å²) >= 11 is 5.02. The second-order valence-electron chi connectivity index (χ2n) is 5.00. The molecular formula is C16H17N3S. The minimum absolute atomic E-state index is 0.343. The number of para-hydroxylation sites is 1. The molecule has 3 nitrogen and oxygen atoms in total. The quantitative estimate of drug-likeness (QED) is 0.860. The fourth-order valence-corrected chi connectivity index (χ4v) is 2.79. The summed E-state index contributed by atoms with van der Waals surface area (Å²) in [4.78, 5) is 6.90. The Morgan fingerprint density at radius 1 is 1.20 bits per heavy atom. The number of hydrogen-bond donors (Lipinski definition) is 1. The summed E-state index contributed by atoms with van der Waals surface area (Å²) in [6.45, 7) is 1.01. The van der Waals surface area contributed by atoms with Crippen LogP contribution >= 0.6 is 12.2 Å². The zero-order chi connectivity index (χ0) is 13.9. The molecule has 20 heavy (non-hydrogen) atoms. The summed E-state index contributed by atoms with van der Waals surface area (Å²) in [6.07, 6.45) is 5.32. The molecule has 2 aromatic rings. The molecule has 1 aliphatic heterocycles. The number of aromatic nitrogens is 1. The van der Waals surface area contributed by atoms with Gasteiger partial charge in [-0.15, -0.1) is 0 Å². The molecule has 0 saturated heterocycles. The molecule has 0 bridgehead atoms. The molecule has 0 atom stereocenters. The van der Waals surface area contributed by atoms with Crippen molar-refractivity contribution in [3.63, 3.8) is 0 Å². The van der Waals surface area contributed by atoms with E-state index in [9.17, 15) is 0 Å². The molecule has 1 aliphatic rings. The van der Waals surface area contributed by atoms with E-state index in [1.54, 1.807) is 6.20 Å². The SMILES string of the molecule is NC(=S)c1cc(N2CCCCc3ccccc32)ccn1. The van der Waals surface area contributed by atoms with Crippen molar-refractivity contribution in [2.24, 2.45) is 5.73 Å². The molecule has 102 valence electrons. The third-order valence-corrected chi connectivity index (χ3v) is 3.88. The van der Waals surface area contributed by atoms with Crippen LogP contribution < -0.4 is 10.6 Å². The Kier molecular flexibility index (Phi) is 3.65.